The Labute approximate surface area is 160 Å². The zero-order valence-electron chi connectivity index (χ0n) is 12.9. The smallest absolute Gasteiger partial charge is 0.543 e. The van der Waals surface area contributed by atoms with Crippen molar-refractivity contribution in [2.45, 2.75) is 24.0 Å². The molecule has 1 saturated heterocycles. The van der Waals surface area contributed by atoms with Gasteiger partial charge in [0.25, 0.3) is 0 Å². The molecule has 0 spiro atoms. The molecule has 3 heterocycles. The van der Waals surface area contributed by atoms with Crippen LogP contribution in [0.25, 0.3) is 5.57 Å². The number of carboxylic acid groups (broad SMARTS) is 1. The summed E-state index contributed by atoms with van der Waals surface area (Å²) < 4.78 is 0. The Morgan fingerprint density at radius 2 is 2.13 bits per heavy atom. The van der Waals surface area contributed by atoms with E-state index < -0.39 is 18.0 Å². The van der Waals surface area contributed by atoms with Crippen molar-refractivity contribution in [3.63, 3.8) is 0 Å². The van der Waals surface area contributed by atoms with Crippen LogP contribution >= 0.6 is 11.8 Å². The van der Waals surface area contributed by atoms with Crippen molar-refractivity contribution in [1.29, 1.82) is 0 Å². The quantitative estimate of drug-likeness (QED) is 0.462. The van der Waals surface area contributed by atoms with Crippen LogP contribution in [0, 0.1) is 11.8 Å². The SMILES string of the molecule is C[C@@H](O)[C@H]1C(=O)N2C(C(=O)[O-])=C3c4ccccc4SC[C@@H]3[C@H]12.[Na+]. The van der Waals surface area contributed by atoms with Gasteiger partial charge in [0.1, 0.15) is 0 Å². The molecule has 0 radical (unpaired) electrons. The van der Waals surface area contributed by atoms with E-state index in [9.17, 15) is 19.8 Å². The first-order valence-electron chi connectivity index (χ1n) is 7.21. The molecule has 0 unspecified atom stereocenters. The summed E-state index contributed by atoms with van der Waals surface area (Å²) >= 11 is 1.67. The number of amides is 1. The average Bonchev–Trinajstić information content (AvgIpc) is 2.78. The van der Waals surface area contributed by atoms with Crippen molar-refractivity contribution in [2.24, 2.45) is 11.8 Å². The van der Waals surface area contributed by atoms with E-state index in [-0.39, 0.29) is 53.1 Å². The van der Waals surface area contributed by atoms with Gasteiger partial charge in [0, 0.05) is 16.6 Å². The molecule has 5 nitrogen and oxygen atoms in total. The van der Waals surface area contributed by atoms with Gasteiger partial charge in [-0.15, -0.1) is 11.8 Å². The molecular formula is C16H14NNaO4S. The third-order valence-corrected chi connectivity index (χ3v) is 5.97. The first kappa shape index (κ1) is 17.0. The summed E-state index contributed by atoms with van der Waals surface area (Å²) in [7, 11) is 0. The van der Waals surface area contributed by atoms with E-state index in [4.69, 9.17) is 0 Å². The molecule has 114 valence electrons. The number of aliphatic hydroxyl groups excluding tert-OH is 1. The van der Waals surface area contributed by atoms with Crippen LogP contribution in [0.2, 0.25) is 0 Å². The number of aliphatic carboxylic acids is 1. The minimum atomic E-state index is -1.32. The minimum absolute atomic E-state index is 0. The van der Waals surface area contributed by atoms with Crippen LogP contribution in [0.5, 0.6) is 0 Å². The molecular weight excluding hydrogens is 325 g/mol. The Hall–Kier alpha value is -0.790. The van der Waals surface area contributed by atoms with E-state index in [1.165, 1.54) is 4.90 Å². The second-order valence-corrected chi connectivity index (χ2v) is 6.99. The van der Waals surface area contributed by atoms with Gasteiger partial charge in [0.15, 0.2) is 0 Å². The van der Waals surface area contributed by atoms with Gasteiger partial charge >= 0.3 is 29.6 Å². The van der Waals surface area contributed by atoms with E-state index in [2.05, 4.69) is 0 Å². The summed E-state index contributed by atoms with van der Waals surface area (Å²) in [5.41, 5.74) is 1.55. The van der Waals surface area contributed by atoms with Crippen molar-refractivity contribution in [1.82, 2.24) is 4.90 Å². The zero-order chi connectivity index (χ0) is 15.6. The molecule has 7 heteroatoms. The molecule has 1 N–H and O–H groups in total. The fourth-order valence-corrected chi connectivity index (χ4v) is 5.13. The maximum atomic E-state index is 12.3. The standard InChI is InChI=1S/C16H15NO4S.Na/c1-7(18)11-13-9-6-22-10-5-3-2-4-8(10)12(9)14(16(20)21)17(13)15(11)19;/h2-5,7,9,11,13,18H,6H2,1H3,(H,20,21);/q;+1/p-1/t7-,9+,11-,13-;/m1./s1. The molecule has 1 amide bonds. The normalized spacial score (nSPS) is 29.0. The Bertz CT molecular complexity index is 733. The molecule has 23 heavy (non-hydrogen) atoms. The van der Waals surface area contributed by atoms with Crippen LogP contribution in [-0.4, -0.2) is 39.8 Å². The maximum Gasteiger partial charge on any atom is 1.00 e. The number of carbonyl (C=O) groups excluding carboxylic acids is 2. The van der Waals surface area contributed by atoms with Crippen LogP contribution in [0.3, 0.4) is 0 Å². The zero-order valence-corrected chi connectivity index (χ0v) is 15.7. The minimum Gasteiger partial charge on any atom is -0.543 e. The number of hydrogen-bond donors (Lipinski definition) is 1. The van der Waals surface area contributed by atoms with E-state index in [1.807, 2.05) is 24.3 Å². The maximum absolute atomic E-state index is 12.3. The largest absolute Gasteiger partial charge is 1.00 e. The molecule has 0 aromatic heterocycles. The summed E-state index contributed by atoms with van der Waals surface area (Å²) in [6.07, 6.45) is -0.779. The third kappa shape index (κ3) is 2.23. The van der Waals surface area contributed by atoms with Gasteiger partial charge in [-0.2, -0.15) is 0 Å². The Kier molecular flexibility index (Phi) is 4.40. The summed E-state index contributed by atoms with van der Waals surface area (Å²) in [6.45, 7) is 1.58. The van der Waals surface area contributed by atoms with E-state index in [1.54, 1.807) is 18.7 Å². The van der Waals surface area contributed by atoms with E-state index in [0.717, 1.165) is 10.5 Å². The van der Waals surface area contributed by atoms with Crippen molar-refractivity contribution in [2.75, 3.05) is 5.75 Å². The number of fused-ring (bicyclic) bond motifs is 5. The molecule has 4 atom stereocenters. The Morgan fingerprint density at radius 3 is 2.78 bits per heavy atom. The second-order valence-electron chi connectivity index (χ2n) is 5.93. The predicted octanol–water partition coefficient (Wildman–Crippen LogP) is -2.91. The van der Waals surface area contributed by atoms with E-state index in [0.29, 0.717) is 11.3 Å². The molecule has 3 aliphatic heterocycles. The molecule has 1 fully saturated rings. The number of β-lactam (4-membered cyclic amide) rings is 1. The summed E-state index contributed by atoms with van der Waals surface area (Å²) in [5, 5.41) is 21.5. The number of nitrogens with zero attached hydrogens (tertiary/aromatic N) is 1. The van der Waals surface area contributed by atoms with Gasteiger partial charge in [0.05, 0.1) is 29.7 Å². The van der Waals surface area contributed by atoms with Gasteiger partial charge in [-0.1, -0.05) is 18.2 Å². The number of carboxylic acids is 1. The molecule has 1 aromatic carbocycles. The van der Waals surface area contributed by atoms with Crippen LogP contribution in [-0.2, 0) is 9.59 Å². The molecule has 3 aliphatic rings. The van der Waals surface area contributed by atoms with Gasteiger partial charge in [0.2, 0.25) is 5.91 Å². The molecule has 1 aromatic rings. The molecule has 0 saturated carbocycles. The van der Waals surface area contributed by atoms with Crippen LogP contribution in [0.4, 0.5) is 0 Å². The van der Waals surface area contributed by atoms with Gasteiger partial charge < -0.3 is 19.9 Å². The summed E-state index contributed by atoms with van der Waals surface area (Å²) in [4.78, 5) is 26.3. The van der Waals surface area contributed by atoms with Crippen molar-refractivity contribution < 1.29 is 49.4 Å². The number of benzene rings is 1. The van der Waals surface area contributed by atoms with Crippen LogP contribution in [0.15, 0.2) is 34.9 Å². The Balaban J connectivity index is 0.00000156. The van der Waals surface area contributed by atoms with Gasteiger partial charge in [-0.3, -0.25) is 4.79 Å². The predicted molar refractivity (Wildman–Crippen MR) is 78.4 cm³/mol. The van der Waals surface area contributed by atoms with Gasteiger partial charge in [-0.05, 0) is 24.1 Å². The monoisotopic (exact) mass is 339 g/mol. The van der Waals surface area contributed by atoms with Crippen molar-refractivity contribution in [3.8, 4) is 0 Å². The number of hydrogen-bond acceptors (Lipinski definition) is 5. The topological polar surface area (TPSA) is 80.7 Å². The average molecular weight is 339 g/mol. The first-order chi connectivity index (χ1) is 10.5. The number of rotatable bonds is 2. The summed E-state index contributed by atoms with van der Waals surface area (Å²) in [5.74, 6) is -1.51. The van der Waals surface area contributed by atoms with Crippen LogP contribution < -0.4 is 34.7 Å². The third-order valence-electron chi connectivity index (χ3n) is 4.78. The second kappa shape index (κ2) is 5.93. The number of thioether (sulfide) groups is 1. The molecule has 0 aliphatic carbocycles. The number of carbonyl (C=O) groups is 2. The fraction of sp³-hybridized carbons (Fsp3) is 0.375. The van der Waals surface area contributed by atoms with Crippen molar-refractivity contribution >= 4 is 29.2 Å². The number of aliphatic hydroxyl groups is 1. The Morgan fingerprint density at radius 1 is 1.43 bits per heavy atom. The molecule has 0 bridgehead atoms. The van der Waals surface area contributed by atoms with E-state index >= 15 is 0 Å². The van der Waals surface area contributed by atoms with Crippen LogP contribution in [0.1, 0.15) is 12.5 Å². The molecule has 4 rings (SSSR count). The summed E-state index contributed by atoms with van der Waals surface area (Å²) in [6, 6.07) is 7.36. The van der Waals surface area contributed by atoms with Crippen molar-refractivity contribution in [3.05, 3.63) is 35.5 Å². The first-order valence-corrected chi connectivity index (χ1v) is 8.19. The fourth-order valence-electron chi connectivity index (χ4n) is 3.90. The van der Waals surface area contributed by atoms with Gasteiger partial charge in [-0.25, -0.2) is 0 Å².